The van der Waals surface area contributed by atoms with Gasteiger partial charge < -0.3 is 15.6 Å². The molecule has 25 heavy (non-hydrogen) atoms. The van der Waals surface area contributed by atoms with Gasteiger partial charge in [-0.25, -0.2) is 9.59 Å². The fraction of sp³-hybridized carbons (Fsp3) is 0.263. The zero-order chi connectivity index (χ0) is 18.6. The molecule has 1 aromatic heterocycles. The van der Waals surface area contributed by atoms with Crippen molar-refractivity contribution in [3.05, 3.63) is 57.3 Å². The quantitative estimate of drug-likeness (QED) is 0.606. The molecule has 1 aromatic carbocycles. The summed E-state index contributed by atoms with van der Waals surface area (Å²) < 4.78 is 5.11. The van der Waals surface area contributed by atoms with Gasteiger partial charge in [0.05, 0.1) is 12.2 Å². The Morgan fingerprint density at radius 1 is 1.16 bits per heavy atom. The number of nitrogens with two attached hydrogens (primary N) is 1. The van der Waals surface area contributed by atoms with Crippen molar-refractivity contribution in [1.29, 1.82) is 0 Å². The topological polar surface area (TPSA) is 89.6 Å². The van der Waals surface area contributed by atoms with Gasteiger partial charge in [-0.3, -0.25) is 0 Å². The maximum atomic E-state index is 12.3. The van der Waals surface area contributed by atoms with Crippen LogP contribution < -0.4 is 5.73 Å². The summed E-state index contributed by atoms with van der Waals surface area (Å²) in [6.45, 7) is 5.81. The van der Waals surface area contributed by atoms with Gasteiger partial charge in [-0.05, 0) is 50.1 Å². The Morgan fingerprint density at radius 2 is 1.76 bits per heavy atom. The van der Waals surface area contributed by atoms with E-state index in [9.17, 15) is 9.59 Å². The lowest BCUT2D eigenvalue weighted by molar-refractivity contribution is -0.136. The van der Waals surface area contributed by atoms with E-state index in [0.29, 0.717) is 10.5 Å². The third-order valence-corrected chi connectivity index (χ3v) is 4.65. The predicted molar refractivity (Wildman–Crippen MR) is 99.4 cm³/mol. The van der Waals surface area contributed by atoms with E-state index < -0.39 is 17.5 Å². The van der Waals surface area contributed by atoms with Gasteiger partial charge in [0.25, 0.3) is 0 Å². The smallest absolute Gasteiger partial charge is 0.345 e. The zero-order valence-electron chi connectivity index (χ0n) is 14.4. The van der Waals surface area contributed by atoms with Crippen molar-refractivity contribution in [3.8, 4) is 0 Å². The van der Waals surface area contributed by atoms with Crippen LogP contribution in [0.1, 0.15) is 46.4 Å². The van der Waals surface area contributed by atoms with Crippen molar-refractivity contribution in [1.82, 2.24) is 0 Å². The Balaban J connectivity index is 2.42. The van der Waals surface area contributed by atoms with Crippen LogP contribution in [0.15, 0.2) is 36.4 Å². The first-order valence-electron chi connectivity index (χ1n) is 7.84. The largest absolute Gasteiger partial charge is 0.477 e. The van der Waals surface area contributed by atoms with Crippen LogP contribution >= 0.6 is 11.3 Å². The maximum absolute atomic E-state index is 12.3. The third-order valence-electron chi connectivity index (χ3n) is 3.54. The molecule has 2 rings (SSSR count). The number of thiophene rings is 1. The molecular formula is C19H21NO4S. The first kappa shape index (κ1) is 18.9. The highest BCUT2D eigenvalue weighted by molar-refractivity contribution is 7.15. The molecule has 1 heterocycles. The first-order valence-corrected chi connectivity index (χ1v) is 8.65. The van der Waals surface area contributed by atoms with Crippen molar-refractivity contribution >= 4 is 34.9 Å². The molecule has 0 aliphatic carbocycles. The Kier molecular flexibility index (Phi) is 5.77. The highest BCUT2D eigenvalue weighted by Crippen LogP contribution is 2.28. The number of esters is 1. The Bertz CT molecular complexity index is 798. The molecule has 0 saturated heterocycles. The van der Waals surface area contributed by atoms with Gasteiger partial charge in [0.1, 0.15) is 4.88 Å². The van der Waals surface area contributed by atoms with E-state index in [1.54, 1.807) is 19.1 Å². The van der Waals surface area contributed by atoms with Crippen LogP contribution in [-0.2, 0) is 15.1 Å². The van der Waals surface area contributed by atoms with E-state index >= 15 is 0 Å². The van der Waals surface area contributed by atoms with Crippen LogP contribution in [0.2, 0.25) is 0 Å². The van der Waals surface area contributed by atoms with Gasteiger partial charge in [-0.1, -0.05) is 24.3 Å². The highest BCUT2D eigenvalue weighted by atomic mass is 32.1. The van der Waals surface area contributed by atoms with Crippen LogP contribution in [0.4, 0.5) is 0 Å². The second-order valence-electron chi connectivity index (χ2n) is 6.09. The number of carboxylic acid groups (broad SMARTS) is 1. The molecule has 0 aliphatic rings. The number of aromatic carboxylic acids is 1. The Morgan fingerprint density at radius 3 is 2.24 bits per heavy atom. The monoisotopic (exact) mass is 359 g/mol. The van der Waals surface area contributed by atoms with E-state index in [0.717, 1.165) is 22.5 Å². The van der Waals surface area contributed by atoms with Gasteiger partial charge in [-0.15, -0.1) is 11.3 Å². The summed E-state index contributed by atoms with van der Waals surface area (Å²) in [7, 11) is 0. The van der Waals surface area contributed by atoms with Crippen LogP contribution in [0, 0.1) is 0 Å². The van der Waals surface area contributed by atoms with E-state index in [1.807, 2.05) is 38.1 Å². The average Bonchev–Trinajstić information content (AvgIpc) is 3.02. The van der Waals surface area contributed by atoms with Gasteiger partial charge >= 0.3 is 11.9 Å². The normalized spacial score (nSPS) is 12.1. The second-order valence-corrected chi connectivity index (χ2v) is 7.18. The summed E-state index contributed by atoms with van der Waals surface area (Å²) >= 11 is 1.04. The van der Waals surface area contributed by atoms with Crippen molar-refractivity contribution in [2.45, 2.75) is 26.3 Å². The minimum atomic E-state index is -1.02. The average molecular weight is 359 g/mol. The van der Waals surface area contributed by atoms with Crippen molar-refractivity contribution in [2.24, 2.45) is 5.73 Å². The summed E-state index contributed by atoms with van der Waals surface area (Å²) in [4.78, 5) is 24.1. The number of benzene rings is 1. The number of rotatable bonds is 6. The number of carboxylic acids is 1. The van der Waals surface area contributed by atoms with Crippen molar-refractivity contribution < 1.29 is 19.4 Å². The lowest BCUT2D eigenvalue weighted by Gasteiger charge is -2.19. The summed E-state index contributed by atoms with van der Waals surface area (Å²) in [5.41, 5.74) is 7.74. The zero-order valence-corrected chi connectivity index (χ0v) is 15.2. The van der Waals surface area contributed by atoms with Gasteiger partial charge in [-0.2, -0.15) is 0 Å². The molecule has 0 saturated carbocycles. The number of hydrogen-bond acceptors (Lipinski definition) is 5. The number of hydrogen-bond donors (Lipinski definition) is 2. The fourth-order valence-corrected chi connectivity index (χ4v) is 3.06. The minimum Gasteiger partial charge on any atom is -0.477 e. The molecule has 0 atom stereocenters. The molecule has 0 spiro atoms. The SMILES string of the molecule is CCOC(=O)/C(=C\c1ccc(C(C)(C)N)cc1)c1ccc(C(=O)O)s1. The molecular weight excluding hydrogens is 338 g/mol. The molecule has 0 radical (unpaired) electrons. The number of ether oxygens (including phenoxy) is 1. The molecule has 3 N–H and O–H groups in total. The van der Waals surface area contributed by atoms with Crippen LogP contribution in [0.3, 0.4) is 0 Å². The third kappa shape index (κ3) is 4.78. The first-order chi connectivity index (χ1) is 11.7. The van der Waals surface area contributed by atoms with Crippen LogP contribution in [0.25, 0.3) is 11.6 Å². The van der Waals surface area contributed by atoms with Crippen molar-refractivity contribution in [2.75, 3.05) is 6.61 Å². The lowest BCUT2D eigenvalue weighted by Crippen LogP contribution is -2.28. The van der Waals surface area contributed by atoms with E-state index in [1.165, 1.54) is 6.07 Å². The molecule has 2 aromatic rings. The fourth-order valence-electron chi connectivity index (χ4n) is 2.21. The molecule has 5 nitrogen and oxygen atoms in total. The molecule has 6 heteroatoms. The summed E-state index contributed by atoms with van der Waals surface area (Å²) in [5, 5.41) is 9.08. The number of carbonyl (C=O) groups excluding carboxylic acids is 1. The Labute approximate surface area is 150 Å². The van der Waals surface area contributed by atoms with Crippen LogP contribution in [0.5, 0.6) is 0 Å². The molecule has 0 amide bonds. The maximum Gasteiger partial charge on any atom is 0.345 e. The Hall–Kier alpha value is -2.44. The number of carbonyl (C=O) groups is 2. The summed E-state index contributed by atoms with van der Waals surface area (Å²) in [6, 6.07) is 10.7. The van der Waals surface area contributed by atoms with E-state index in [4.69, 9.17) is 15.6 Å². The molecule has 0 aliphatic heterocycles. The minimum absolute atomic E-state index is 0.172. The molecule has 132 valence electrons. The van der Waals surface area contributed by atoms with Gasteiger partial charge in [0, 0.05) is 10.4 Å². The van der Waals surface area contributed by atoms with E-state index in [2.05, 4.69) is 0 Å². The van der Waals surface area contributed by atoms with Crippen LogP contribution in [-0.4, -0.2) is 23.7 Å². The predicted octanol–water partition coefficient (Wildman–Crippen LogP) is 3.74. The van der Waals surface area contributed by atoms with Gasteiger partial charge in [0.2, 0.25) is 0 Å². The van der Waals surface area contributed by atoms with Gasteiger partial charge in [0.15, 0.2) is 0 Å². The standard InChI is InChI=1S/C19H21NO4S/c1-4-24-18(23)14(15-9-10-16(25-15)17(21)22)11-12-5-7-13(8-6-12)19(2,3)20/h5-11H,4,20H2,1-3H3,(H,21,22)/b14-11-. The molecule has 0 bridgehead atoms. The molecule has 0 fully saturated rings. The summed E-state index contributed by atoms with van der Waals surface area (Å²) in [6.07, 6.45) is 1.70. The lowest BCUT2D eigenvalue weighted by atomic mass is 9.94. The molecule has 0 unspecified atom stereocenters. The highest BCUT2D eigenvalue weighted by Gasteiger charge is 2.18. The van der Waals surface area contributed by atoms with Crippen molar-refractivity contribution in [3.63, 3.8) is 0 Å². The second kappa shape index (κ2) is 7.63. The van der Waals surface area contributed by atoms with E-state index in [-0.39, 0.29) is 11.5 Å². The summed E-state index contributed by atoms with van der Waals surface area (Å²) in [5.74, 6) is -1.50.